The molecule has 0 saturated carbocycles. The van der Waals surface area contributed by atoms with Gasteiger partial charge in [-0.1, -0.05) is 6.07 Å². The smallest absolute Gasteiger partial charge is 0.252 e. The Morgan fingerprint density at radius 3 is 3.05 bits per heavy atom. The van der Waals surface area contributed by atoms with Crippen molar-refractivity contribution in [2.24, 2.45) is 10.9 Å². The van der Waals surface area contributed by atoms with Gasteiger partial charge < -0.3 is 10.6 Å². The van der Waals surface area contributed by atoms with Gasteiger partial charge in [0.1, 0.15) is 4.21 Å². The Balaban J connectivity index is 0.00000176. The molecule has 2 aliphatic rings. The van der Waals surface area contributed by atoms with Gasteiger partial charge in [-0.25, -0.2) is 8.42 Å². The third kappa shape index (κ3) is 4.12. The largest absolute Gasteiger partial charge is 0.356 e. The third-order valence-corrected chi connectivity index (χ3v) is 7.03. The number of nitrogens with one attached hydrogen (secondary N) is 2. The van der Waals surface area contributed by atoms with Crippen molar-refractivity contribution >= 4 is 51.3 Å². The maximum absolute atomic E-state index is 12.4. The Hall–Kier alpha value is -0.390. The summed E-state index contributed by atoms with van der Waals surface area (Å²) in [5.74, 6) is 1.19. The first-order valence-electron chi connectivity index (χ1n) is 7.22. The third-order valence-electron chi connectivity index (χ3n) is 3.79. The lowest BCUT2D eigenvalue weighted by Crippen LogP contribution is -2.43. The number of rotatable bonds is 4. The van der Waals surface area contributed by atoms with E-state index in [2.05, 4.69) is 15.6 Å². The second kappa shape index (κ2) is 7.93. The molecule has 124 valence electrons. The molecule has 0 aliphatic carbocycles. The van der Waals surface area contributed by atoms with E-state index >= 15 is 0 Å². The summed E-state index contributed by atoms with van der Waals surface area (Å²) in [5, 5.41) is 8.31. The Labute approximate surface area is 152 Å². The van der Waals surface area contributed by atoms with Gasteiger partial charge in [0.15, 0.2) is 5.96 Å². The number of guanidine groups is 1. The molecule has 2 aliphatic heterocycles. The highest BCUT2D eigenvalue weighted by atomic mass is 127. The summed E-state index contributed by atoms with van der Waals surface area (Å²) in [6, 6.07) is 3.45. The van der Waals surface area contributed by atoms with Crippen LogP contribution in [0.15, 0.2) is 26.7 Å². The van der Waals surface area contributed by atoms with E-state index in [0.717, 1.165) is 38.4 Å². The van der Waals surface area contributed by atoms with E-state index in [4.69, 9.17) is 0 Å². The van der Waals surface area contributed by atoms with Crippen LogP contribution in [0.25, 0.3) is 0 Å². The summed E-state index contributed by atoms with van der Waals surface area (Å²) < 4.78 is 26.9. The summed E-state index contributed by atoms with van der Waals surface area (Å²) in [7, 11) is -3.29. The molecule has 1 aromatic heterocycles. The molecular formula is C13H21IN4O2S2. The average molecular weight is 456 g/mol. The highest BCUT2D eigenvalue weighted by Crippen LogP contribution is 2.26. The molecule has 1 unspecified atom stereocenters. The monoisotopic (exact) mass is 456 g/mol. The zero-order valence-electron chi connectivity index (χ0n) is 12.2. The Kier molecular flexibility index (Phi) is 6.47. The lowest BCUT2D eigenvalue weighted by Gasteiger charge is -2.19. The molecule has 0 aromatic carbocycles. The van der Waals surface area contributed by atoms with Gasteiger partial charge in [-0.05, 0) is 30.2 Å². The van der Waals surface area contributed by atoms with Crippen molar-refractivity contribution in [3.05, 3.63) is 17.5 Å². The molecule has 3 rings (SSSR count). The lowest BCUT2D eigenvalue weighted by atomic mass is 10.1. The van der Waals surface area contributed by atoms with E-state index in [0.29, 0.717) is 23.2 Å². The normalized spacial score (nSPS) is 22.5. The Bertz CT molecular complexity index is 604. The van der Waals surface area contributed by atoms with Gasteiger partial charge in [0, 0.05) is 32.7 Å². The lowest BCUT2D eigenvalue weighted by molar-refractivity contribution is 0.455. The first-order valence-corrected chi connectivity index (χ1v) is 9.54. The van der Waals surface area contributed by atoms with E-state index in [9.17, 15) is 8.42 Å². The Morgan fingerprint density at radius 2 is 2.36 bits per heavy atom. The average Bonchev–Trinajstić information content (AvgIpc) is 3.18. The van der Waals surface area contributed by atoms with Crippen LogP contribution in [0.2, 0.25) is 0 Å². The van der Waals surface area contributed by atoms with E-state index in [-0.39, 0.29) is 24.0 Å². The number of nitrogens with zero attached hydrogens (tertiary/aromatic N) is 2. The summed E-state index contributed by atoms with van der Waals surface area (Å²) in [6.07, 6.45) is 1.96. The molecule has 22 heavy (non-hydrogen) atoms. The van der Waals surface area contributed by atoms with Crippen LogP contribution in [0.3, 0.4) is 0 Å². The van der Waals surface area contributed by atoms with Crippen LogP contribution < -0.4 is 10.6 Å². The molecule has 0 spiro atoms. The summed E-state index contributed by atoms with van der Waals surface area (Å²) in [6.45, 7) is 3.77. The molecule has 1 aromatic rings. The number of hydrogen-bond acceptors (Lipinski definition) is 6. The first-order chi connectivity index (χ1) is 10.2. The number of aliphatic imine (C=N–C) groups is 1. The Morgan fingerprint density at radius 1 is 1.50 bits per heavy atom. The fourth-order valence-electron chi connectivity index (χ4n) is 2.61. The van der Waals surface area contributed by atoms with Crippen molar-refractivity contribution in [3.63, 3.8) is 0 Å². The topological polar surface area (TPSA) is 73.8 Å². The standard InChI is InChI=1S/C13H20N4O2S2.HI/c18-21(19,12-3-1-8-20-12)17-7-4-11(10-17)9-16-13-14-5-2-6-15-13;/h1,3,8,11H,2,4-7,9-10H2,(H2,14,15,16);1H. The predicted molar refractivity (Wildman–Crippen MR) is 99.5 cm³/mol. The molecule has 1 saturated heterocycles. The van der Waals surface area contributed by atoms with Crippen molar-refractivity contribution < 1.29 is 8.42 Å². The van der Waals surface area contributed by atoms with E-state index < -0.39 is 10.0 Å². The zero-order chi connectivity index (χ0) is 14.7. The van der Waals surface area contributed by atoms with Crippen LogP contribution in [0, 0.1) is 5.92 Å². The SMILES string of the molecule is I.O=S(=O)(c1cccs1)N1CCC(CNC2=NCCCN2)C1. The fraction of sp³-hybridized carbons (Fsp3) is 0.615. The minimum Gasteiger partial charge on any atom is -0.356 e. The fourth-order valence-corrected chi connectivity index (χ4v) is 5.29. The predicted octanol–water partition coefficient (Wildman–Crippen LogP) is 1.32. The maximum atomic E-state index is 12.4. The van der Waals surface area contributed by atoms with Crippen molar-refractivity contribution in [1.29, 1.82) is 0 Å². The van der Waals surface area contributed by atoms with Gasteiger partial charge in [0.25, 0.3) is 10.0 Å². The first kappa shape index (κ1) is 18.0. The second-order valence-electron chi connectivity index (χ2n) is 5.34. The van der Waals surface area contributed by atoms with E-state index in [1.165, 1.54) is 11.3 Å². The molecule has 0 amide bonds. The second-order valence-corrected chi connectivity index (χ2v) is 8.45. The van der Waals surface area contributed by atoms with E-state index in [1.807, 2.05) is 0 Å². The van der Waals surface area contributed by atoms with Crippen LogP contribution in [0.5, 0.6) is 0 Å². The molecule has 1 fully saturated rings. The van der Waals surface area contributed by atoms with Crippen LogP contribution >= 0.6 is 35.3 Å². The van der Waals surface area contributed by atoms with E-state index in [1.54, 1.807) is 21.8 Å². The highest BCUT2D eigenvalue weighted by molar-refractivity contribution is 14.0. The number of hydrogen-bond donors (Lipinski definition) is 2. The van der Waals surface area contributed by atoms with Gasteiger partial charge in [-0.2, -0.15) is 4.31 Å². The minimum atomic E-state index is -3.29. The highest BCUT2D eigenvalue weighted by Gasteiger charge is 2.33. The molecule has 2 N–H and O–H groups in total. The summed E-state index contributed by atoms with van der Waals surface area (Å²) >= 11 is 1.28. The molecule has 9 heteroatoms. The zero-order valence-corrected chi connectivity index (χ0v) is 16.2. The minimum absolute atomic E-state index is 0. The van der Waals surface area contributed by atoms with Crippen LogP contribution in [-0.4, -0.2) is 51.4 Å². The van der Waals surface area contributed by atoms with Gasteiger partial charge >= 0.3 is 0 Å². The quantitative estimate of drug-likeness (QED) is 0.671. The number of thiophene rings is 1. The van der Waals surface area contributed by atoms with Crippen LogP contribution in [0.4, 0.5) is 0 Å². The molecule has 1 atom stereocenters. The maximum Gasteiger partial charge on any atom is 0.252 e. The van der Waals surface area contributed by atoms with Gasteiger partial charge in [-0.3, -0.25) is 4.99 Å². The van der Waals surface area contributed by atoms with Gasteiger partial charge in [0.2, 0.25) is 0 Å². The number of sulfonamides is 1. The van der Waals surface area contributed by atoms with Crippen molar-refractivity contribution in [3.8, 4) is 0 Å². The number of halogens is 1. The van der Waals surface area contributed by atoms with Crippen LogP contribution in [0.1, 0.15) is 12.8 Å². The van der Waals surface area contributed by atoms with Gasteiger partial charge in [-0.15, -0.1) is 35.3 Å². The van der Waals surface area contributed by atoms with Crippen molar-refractivity contribution in [1.82, 2.24) is 14.9 Å². The van der Waals surface area contributed by atoms with Crippen molar-refractivity contribution in [2.45, 2.75) is 17.1 Å². The molecule has 3 heterocycles. The molecule has 0 radical (unpaired) electrons. The van der Waals surface area contributed by atoms with Crippen LogP contribution in [-0.2, 0) is 10.0 Å². The molecule has 0 bridgehead atoms. The van der Waals surface area contributed by atoms with Crippen molar-refractivity contribution in [2.75, 3.05) is 32.7 Å². The molecule has 6 nitrogen and oxygen atoms in total. The molecular weight excluding hydrogens is 435 g/mol. The summed E-state index contributed by atoms with van der Waals surface area (Å²) in [5.41, 5.74) is 0. The summed E-state index contributed by atoms with van der Waals surface area (Å²) in [4.78, 5) is 4.36. The van der Waals surface area contributed by atoms with Gasteiger partial charge in [0.05, 0.1) is 0 Å².